The molecule has 0 aliphatic rings. The molecule has 0 unspecified atom stereocenters. The van der Waals surface area contributed by atoms with E-state index in [1.807, 2.05) is 39.0 Å². The monoisotopic (exact) mass is 220 g/mol. The van der Waals surface area contributed by atoms with E-state index in [4.69, 9.17) is 0 Å². The fraction of sp³-hybridized carbons (Fsp3) is 0.500. The van der Waals surface area contributed by atoms with Crippen molar-refractivity contribution in [2.75, 3.05) is 0 Å². The van der Waals surface area contributed by atoms with Crippen LogP contribution < -0.4 is 0 Å². The fourth-order valence-corrected chi connectivity index (χ4v) is 1.76. The van der Waals surface area contributed by atoms with Gasteiger partial charge in [0.2, 0.25) is 0 Å². The lowest BCUT2D eigenvalue weighted by molar-refractivity contribution is 0.0194. The van der Waals surface area contributed by atoms with E-state index >= 15 is 0 Å². The first-order valence-corrected chi connectivity index (χ1v) is 5.61. The van der Waals surface area contributed by atoms with Crippen molar-refractivity contribution in [1.82, 2.24) is 0 Å². The van der Waals surface area contributed by atoms with Gasteiger partial charge in [0.25, 0.3) is 0 Å². The summed E-state index contributed by atoms with van der Waals surface area (Å²) >= 11 is 0. The molecule has 0 spiro atoms. The number of hydrogen-bond acceptors (Lipinski definition) is 2. The third kappa shape index (κ3) is 2.92. The van der Waals surface area contributed by atoms with E-state index in [-0.39, 0.29) is 17.1 Å². The average Bonchev–Trinajstić information content (AvgIpc) is 2.26. The van der Waals surface area contributed by atoms with Gasteiger partial charge in [-0.25, -0.2) is 0 Å². The van der Waals surface area contributed by atoms with Gasteiger partial charge in [-0.15, -0.1) is 0 Å². The Hall–Kier alpha value is -1.15. The number of ketones is 1. The topological polar surface area (TPSA) is 37.3 Å². The van der Waals surface area contributed by atoms with Crippen molar-refractivity contribution in [2.45, 2.75) is 33.8 Å². The summed E-state index contributed by atoms with van der Waals surface area (Å²) in [5, 5.41) is 10.1. The predicted octanol–water partition coefficient (Wildman–Crippen LogP) is 2.91. The van der Waals surface area contributed by atoms with E-state index in [1.54, 1.807) is 19.1 Å². The van der Waals surface area contributed by atoms with Gasteiger partial charge in [-0.3, -0.25) is 4.79 Å². The molecule has 0 aliphatic carbocycles. The highest BCUT2D eigenvalue weighted by Gasteiger charge is 2.32. The summed E-state index contributed by atoms with van der Waals surface area (Å²) in [6, 6.07) is 9.12. The van der Waals surface area contributed by atoms with Gasteiger partial charge in [-0.05, 0) is 5.41 Å². The molecule has 16 heavy (non-hydrogen) atoms. The van der Waals surface area contributed by atoms with Crippen LogP contribution in [0.15, 0.2) is 30.3 Å². The second-order valence-corrected chi connectivity index (χ2v) is 5.33. The molecule has 1 N–H and O–H groups in total. The Bertz CT molecular complexity index is 349. The quantitative estimate of drug-likeness (QED) is 0.795. The standard InChI is InChI=1S/C14H20O2/c1-10(13(16)14(2,3)4)12(15)11-8-6-5-7-9-11/h5-10,13,16H,1-4H3/t10-,13-/m0/s1. The molecule has 0 saturated carbocycles. The zero-order valence-electron chi connectivity index (χ0n) is 10.4. The summed E-state index contributed by atoms with van der Waals surface area (Å²) in [6.45, 7) is 7.59. The number of Topliss-reactive ketones (excluding diaryl/α,β-unsaturated/α-hetero) is 1. The van der Waals surface area contributed by atoms with E-state index < -0.39 is 6.10 Å². The van der Waals surface area contributed by atoms with E-state index in [1.165, 1.54) is 0 Å². The minimum Gasteiger partial charge on any atom is -0.392 e. The van der Waals surface area contributed by atoms with Crippen molar-refractivity contribution >= 4 is 5.78 Å². The number of benzene rings is 1. The minimum absolute atomic E-state index is 0.00280. The molecule has 0 aliphatic heterocycles. The number of aliphatic hydroxyl groups excluding tert-OH is 1. The average molecular weight is 220 g/mol. The molecule has 0 radical (unpaired) electrons. The first-order valence-electron chi connectivity index (χ1n) is 5.61. The molecule has 88 valence electrons. The molecule has 0 heterocycles. The molecule has 1 aromatic carbocycles. The van der Waals surface area contributed by atoms with Crippen LogP contribution in [0.5, 0.6) is 0 Å². The molecule has 1 rings (SSSR count). The Labute approximate surface area is 97.3 Å². The van der Waals surface area contributed by atoms with Crippen LogP contribution in [-0.2, 0) is 0 Å². The highest BCUT2D eigenvalue weighted by atomic mass is 16.3. The van der Waals surface area contributed by atoms with Crippen LogP contribution in [0.4, 0.5) is 0 Å². The number of hydrogen-bond donors (Lipinski definition) is 1. The van der Waals surface area contributed by atoms with Crippen LogP contribution in [0.1, 0.15) is 38.1 Å². The van der Waals surface area contributed by atoms with Crippen molar-refractivity contribution < 1.29 is 9.90 Å². The highest BCUT2D eigenvalue weighted by molar-refractivity contribution is 5.97. The number of carbonyl (C=O) groups excluding carboxylic acids is 1. The molecule has 2 atom stereocenters. The van der Waals surface area contributed by atoms with Crippen molar-refractivity contribution in [2.24, 2.45) is 11.3 Å². The fourth-order valence-electron chi connectivity index (χ4n) is 1.76. The van der Waals surface area contributed by atoms with Crippen molar-refractivity contribution in [3.8, 4) is 0 Å². The van der Waals surface area contributed by atoms with Gasteiger partial charge < -0.3 is 5.11 Å². The maximum absolute atomic E-state index is 12.1. The van der Waals surface area contributed by atoms with Gasteiger partial charge in [0.15, 0.2) is 5.78 Å². The van der Waals surface area contributed by atoms with Gasteiger partial charge in [0.1, 0.15) is 0 Å². The molecular weight excluding hydrogens is 200 g/mol. The Kier molecular flexibility index (Phi) is 3.87. The highest BCUT2D eigenvalue weighted by Crippen LogP contribution is 2.27. The molecule has 2 heteroatoms. The largest absolute Gasteiger partial charge is 0.392 e. The van der Waals surface area contributed by atoms with Crippen LogP contribution >= 0.6 is 0 Å². The SMILES string of the molecule is C[C@@H](C(=O)c1ccccc1)[C@H](O)C(C)(C)C. The Morgan fingerprint density at radius 3 is 2.12 bits per heavy atom. The Morgan fingerprint density at radius 2 is 1.69 bits per heavy atom. The summed E-state index contributed by atoms with van der Waals surface area (Å²) in [4.78, 5) is 12.1. The lowest BCUT2D eigenvalue weighted by Crippen LogP contribution is -2.36. The lowest BCUT2D eigenvalue weighted by Gasteiger charge is -2.30. The third-order valence-electron chi connectivity index (χ3n) is 2.83. The molecule has 0 fully saturated rings. The molecular formula is C14H20O2. The maximum Gasteiger partial charge on any atom is 0.168 e. The van der Waals surface area contributed by atoms with Crippen molar-refractivity contribution in [1.29, 1.82) is 0 Å². The normalized spacial score (nSPS) is 15.6. The van der Waals surface area contributed by atoms with Gasteiger partial charge in [0, 0.05) is 11.5 Å². The first-order chi connectivity index (χ1) is 7.34. The number of carbonyl (C=O) groups is 1. The summed E-state index contributed by atoms with van der Waals surface area (Å²) in [7, 11) is 0. The summed E-state index contributed by atoms with van der Waals surface area (Å²) < 4.78 is 0. The molecule has 0 bridgehead atoms. The lowest BCUT2D eigenvalue weighted by atomic mass is 9.79. The van der Waals surface area contributed by atoms with Crippen LogP contribution in [-0.4, -0.2) is 17.0 Å². The van der Waals surface area contributed by atoms with Gasteiger partial charge in [-0.2, -0.15) is 0 Å². The van der Waals surface area contributed by atoms with Crippen LogP contribution in [0.2, 0.25) is 0 Å². The summed E-state index contributed by atoms with van der Waals surface area (Å²) in [6.07, 6.45) is -0.625. The molecule has 2 nitrogen and oxygen atoms in total. The zero-order valence-corrected chi connectivity index (χ0v) is 10.4. The van der Waals surface area contributed by atoms with E-state index in [2.05, 4.69) is 0 Å². The zero-order chi connectivity index (χ0) is 12.3. The second-order valence-electron chi connectivity index (χ2n) is 5.33. The van der Waals surface area contributed by atoms with E-state index in [0.29, 0.717) is 5.56 Å². The van der Waals surface area contributed by atoms with E-state index in [9.17, 15) is 9.90 Å². The summed E-state index contributed by atoms with van der Waals surface area (Å²) in [5.74, 6) is -0.370. The third-order valence-corrected chi connectivity index (χ3v) is 2.83. The molecule has 0 aromatic heterocycles. The number of rotatable bonds is 3. The first kappa shape index (κ1) is 12.9. The van der Waals surface area contributed by atoms with Gasteiger partial charge >= 0.3 is 0 Å². The number of aliphatic hydroxyl groups is 1. The van der Waals surface area contributed by atoms with Gasteiger partial charge in [0.05, 0.1) is 6.10 Å². The van der Waals surface area contributed by atoms with Crippen LogP contribution in [0.3, 0.4) is 0 Å². The Balaban J connectivity index is 2.84. The molecule has 0 amide bonds. The Morgan fingerprint density at radius 1 is 1.19 bits per heavy atom. The second kappa shape index (κ2) is 4.79. The minimum atomic E-state index is -0.625. The molecule has 0 saturated heterocycles. The van der Waals surface area contributed by atoms with Crippen LogP contribution in [0.25, 0.3) is 0 Å². The molecule has 1 aromatic rings. The predicted molar refractivity (Wildman–Crippen MR) is 65.4 cm³/mol. The smallest absolute Gasteiger partial charge is 0.168 e. The summed E-state index contributed by atoms with van der Waals surface area (Å²) in [5.41, 5.74) is 0.391. The maximum atomic E-state index is 12.1. The van der Waals surface area contributed by atoms with E-state index in [0.717, 1.165) is 0 Å². The van der Waals surface area contributed by atoms with Gasteiger partial charge in [-0.1, -0.05) is 58.0 Å². The van der Waals surface area contributed by atoms with Crippen LogP contribution in [0, 0.1) is 11.3 Å². The van der Waals surface area contributed by atoms with Crippen molar-refractivity contribution in [3.63, 3.8) is 0 Å². The van der Waals surface area contributed by atoms with Crippen molar-refractivity contribution in [3.05, 3.63) is 35.9 Å².